The van der Waals surface area contributed by atoms with E-state index in [0.717, 1.165) is 6.07 Å². The summed E-state index contributed by atoms with van der Waals surface area (Å²) in [6.45, 7) is 3.98. The molecule has 8 heteroatoms. The zero-order valence-electron chi connectivity index (χ0n) is 12.6. The van der Waals surface area contributed by atoms with Gasteiger partial charge < -0.3 is 10.6 Å². The van der Waals surface area contributed by atoms with Crippen molar-refractivity contribution in [2.45, 2.75) is 19.1 Å². The summed E-state index contributed by atoms with van der Waals surface area (Å²) in [5.41, 5.74) is 4.53. The summed E-state index contributed by atoms with van der Waals surface area (Å²) in [6, 6.07) is 4.80. The smallest absolute Gasteiger partial charge is 0.369 e. The van der Waals surface area contributed by atoms with Crippen molar-refractivity contribution in [2.75, 3.05) is 31.1 Å². The minimum absolute atomic E-state index is 0.376. The maximum Gasteiger partial charge on any atom is 0.417 e. The predicted octanol–water partition coefficient (Wildman–Crippen LogP) is 1.57. The number of hydrogen-bond acceptors (Lipinski definition) is 4. The van der Waals surface area contributed by atoms with Crippen LogP contribution in [0.15, 0.2) is 18.2 Å². The van der Waals surface area contributed by atoms with Crippen molar-refractivity contribution in [3.05, 3.63) is 29.3 Å². The van der Waals surface area contributed by atoms with Crippen molar-refractivity contribution >= 4 is 11.6 Å². The van der Waals surface area contributed by atoms with Crippen molar-refractivity contribution in [3.8, 4) is 6.07 Å². The van der Waals surface area contributed by atoms with Crippen molar-refractivity contribution < 1.29 is 18.0 Å². The lowest BCUT2D eigenvalue weighted by Crippen LogP contribution is -2.53. The minimum atomic E-state index is -4.54. The summed E-state index contributed by atoms with van der Waals surface area (Å²) in [7, 11) is 0. The third-order valence-electron chi connectivity index (χ3n) is 4.07. The van der Waals surface area contributed by atoms with Crippen molar-refractivity contribution in [1.82, 2.24) is 4.90 Å². The number of carbonyl (C=O) groups excluding carboxylic acids is 1. The van der Waals surface area contributed by atoms with Crippen LogP contribution in [0, 0.1) is 11.3 Å². The van der Waals surface area contributed by atoms with Gasteiger partial charge in [-0.05, 0) is 25.1 Å². The fourth-order valence-corrected chi connectivity index (χ4v) is 2.62. The molecule has 0 bridgehead atoms. The van der Waals surface area contributed by atoms with Crippen LogP contribution in [0.1, 0.15) is 18.1 Å². The number of rotatable bonds is 3. The molecule has 1 fully saturated rings. The van der Waals surface area contributed by atoms with Gasteiger partial charge in [-0.1, -0.05) is 0 Å². The van der Waals surface area contributed by atoms with E-state index in [1.165, 1.54) is 12.1 Å². The van der Waals surface area contributed by atoms with Crippen LogP contribution in [0.3, 0.4) is 0 Å². The molecule has 23 heavy (non-hydrogen) atoms. The molecule has 2 N–H and O–H groups in total. The number of amides is 1. The number of halogens is 3. The average molecular weight is 326 g/mol. The molecule has 1 aromatic carbocycles. The summed E-state index contributed by atoms with van der Waals surface area (Å²) in [6.07, 6.45) is -4.54. The molecule has 1 aliphatic rings. The molecular weight excluding hydrogens is 309 g/mol. The number of carbonyl (C=O) groups is 1. The maximum atomic E-state index is 12.8. The van der Waals surface area contributed by atoms with Crippen molar-refractivity contribution in [2.24, 2.45) is 5.73 Å². The molecule has 1 amide bonds. The fraction of sp³-hybridized carbons (Fsp3) is 0.467. The maximum absolute atomic E-state index is 12.8. The molecule has 0 aromatic heterocycles. The van der Waals surface area contributed by atoms with E-state index in [0.29, 0.717) is 31.9 Å². The zero-order chi connectivity index (χ0) is 17.2. The number of piperazine rings is 1. The summed E-state index contributed by atoms with van der Waals surface area (Å²) in [5, 5.41) is 8.95. The number of hydrogen-bond donors (Lipinski definition) is 1. The molecule has 1 aliphatic heterocycles. The topological polar surface area (TPSA) is 73.4 Å². The Hall–Kier alpha value is -2.27. The molecule has 1 saturated heterocycles. The number of nitrogens with zero attached hydrogens (tertiary/aromatic N) is 3. The van der Waals surface area contributed by atoms with Gasteiger partial charge in [0.25, 0.3) is 0 Å². The third-order valence-corrected chi connectivity index (χ3v) is 4.07. The second-order valence-electron chi connectivity index (χ2n) is 5.44. The molecule has 1 aromatic rings. The van der Waals surface area contributed by atoms with Gasteiger partial charge in [-0.2, -0.15) is 18.4 Å². The van der Waals surface area contributed by atoms with Crippen molar-refractivity contribution in [1.29, 1.82) is 5.26 Å². The monoisotopic (exact) mass is 326 g/mol. The van der Waals surface area contributed by atoms with Crippen LogP contribution in [0.2, 0.25) is 0 Å². The van der Waals surface area contributed by atoms with Crippen LogP contribution in [0.4, 0.5) is 18.9 Å². The molecule has 0 radical (unpaired) electrons. The Morgan fingerprint density at radius 2 is 1.91 bits per heavy atom. The lowest BCUT2D eigenvalue weighted by atomic mass is 10.1. The Balaban J connectivity index is 2.13. The van der Waals surface area contributed by atoms with Crippen LogP contribution in [0.5, 0.6) is 0 Å². The van der Waals surface area contributed by atoms with Gasteiger partial charge >= 0.3 is 6.18 Å². The Labute approximate surface area is 132 Å². The van der Waals surface area contributed by atoms with E-state index in [1.807, 2.05) is 9.80 Å². The largest absolute Gasteiger partial charge is 0.417 e. The number of anilines is 1. The van der Waals surface area contributed by atoms with Gasteiger partial charge in [-0.15, -0.1) is 0 Å². The molecule has 1 heterocycles. The first-order valence-electron chi connectivity index (χ1n) is 7.13. The van der Waals surface area contributed by atoms with E-state index in [-0.39, 0.29) is 11.6 Å². The van der Waals surface area contributed by atoms with Crippen molar-refractivity contribution in [3.63, 3.8) is 0 Å². The summed E-state index contributed by atoms with van der Waals surface area (Å²) >= 11 is 0. The SMILES string of the molecule is C[C@H](C(N)=O)N1CCN(c2ccc(C(F)(F)F)c(C#N)c2)CC1. The Bertz CT molecular complexity index is 631. The third kappa shape index (κ3) is 3.74. The average Bonchev–Trinajstić information content (AvgIpc) is 2.52. The van der Waals surface area contributed by atoms with E-state index in [2.05, 4.69) is 0 Å². The van der Waals surface area contributed by atoms with E-state index in [1.54, 1.807) is 13.0 Å². The first-order valence-corrected chi connectivity index (χ1v) is 7.13. The summed E-state index contributed by atoms with van der Waals surface area (Å²) in [4.78, 5) is 15.0. The molecule has 0 unspecified atom stereocenters. The number of primary amides is 1. The standard InChI is InChI=1S/C15H17F3N4O/c1-10(14(20)23)21-4-6-22(7-5-21)12-2-3-13(15(16,17)18)11(8-12)9-19/h2-3,8,10H,4-7H2,1H3,(H2,20,23)/t10-/m1/s1. The second kappa shape index (κ2) is 6.46. The van der Waals surface area contributed by atoms with Crippen LogP contribution in [-0.2, 0) is 11.0 Å². The molecule has 0 spiro atoms. The number of nitriles is 1. The van der Waals surface area contributed by atoms with Crippen LogP contribution in [0.25, 0.3) is 0 Å². The summed E-state index contributed by atoms with van der Waals surface area (Å²) in [5.74, 6) is -0.403. The predicted molar refractivity (Wildman–Crippen MR) is 78.6 cm³/mol. The van der Waals surface area contributed by atoms with Gasteiger partial charge in [0.15, 0.2) is 0 Å². The lowest BCUT2D eigenvalue weighted by Gasteiger charge is -2.38. The van der Waals surface area contributed by atoms with Gasteiger partial charge in [-0.25, -0.2) is 0 Å². The second-order valence-corrected chi connectivity index (χ2v) is 5.44. The zero-order valence-corrected chi connectivity index (χ0v) is 12.6. The van der Waals surface area contributed by atoms with Crippen LogP contribution < -0.4 is 10.6 Å². The molecule has 0 saturated carbocycles. The molecular formula is C15H17F3N4O. The van der Waals surface area contributed by atoms with Crippen LogP contribution >= 0.6 is 0 Å². The van der Waals surface area contributed by atoms with Gasteiger partial charge in [-0.3, -0.25) is 9.69 Å². The molecule has 5 nitrogen and oxygen atoms in total. The van der Waals surface area contributed by atoms with Crippen LogP contribution in [-0.4, -0.2) is 43.0 Å². The molecule has 1 atom stereocenters. The lowest BCUT2D eigenvalue weighted by molar-refractivity contribution is -0.137. The van der Waals surface area contributed by atoms with E-state index in [4.69, 9.17) is 11.0 Å². The quantitative estimate of drug-likeness (QED) is 0.915. The fourth-order valence-electron chi connectivity index (χ4n) is 2.62. The highest BCUT2D eigenvalue weighted by Gasteiger charge is 2.34. The minimum Gasteiger partial charge on any atom is -0.369 e. The Kier molecular flexibility index (Phi) is 4.80. The number of nitrogens with two attached hydrogens (primary N) is 1. The molecule has 2 rings (SSSR count). The van der Waals surface area contributed by atoms with E-state index >= 15 is 0 Å². The van der Waals surface area contributed by atoms with Gasteiger partial charge in [0.1, 0.15) is 0 Å². The van der Waals surface area contributed by atoms with Gasteiger partial charge in [0.05, 0.1) is 23.2 Å². The number of alkyl halides is 3. The first kappa shape index (κ1) is 17.1. The van der Waals surface area contributed by atoms with E-state index < -0.39 is 17.6 Å². The highest BCUT2D eigenvalue weighted by Crippen LogP contribution is 2.33. The number of benzene rings is 1. The highest BCUT2D eigenvalue weighted by atomic mass is 19.4. The molecule has 124 valence electrons. The van der Waals surface area contributed by atoms with Gasteiger partial charge in [0, 0.05) is 31.9 Å². The normalized spacial score (nSPS) is 17.6. The molecule has 0 aliphatic carbocycles. The Morgan fingerprint density at radius 1 is 1.30 bits per heavy atom. The van der Waals surface area contributed by atoms with E-state index in [9.17, 15) is 18.0 Å². The first-order chi connectivity index (χ1) is 10.7. The summed E-state index contributed by atoms with van der Waals surface area (Å²) < 4.78 is 38.4. The van der Waals surface area contributed by atoms with Gasteiger partial charge in [0.2, 0.25) is 5.91 Å². The highest BCUT2D eigenvalue weighted by molar-refractivity contribution is 5.79. The Morgan fingerprint density at radius 3 is 2.39 bits per heavy atom.